The SMILES string of the molecule is CCCc1nc(COc2cc(C)cc(C)c2)no1. The highest BCUT2D eigenvalue weighted by Crippen LogP contribution is 2.17. The molecule has 1 heterocycles. The average Bonchev–Trinajstić information content (AvgIpc) is 2.74. The van der Waals surface area contributed by atoms with Gasteiger partial charge in [-0.05, 0) is 43.5 Å². The summed E-state index contributed by atoms with van der Waals surface area (Å²) in [4.78, 5) is 4.26. The normalized spacial score (nSPS) is 10.6. The van der Waals surface area contributed by atoms with Crippen molar-refractivity contribution >= 4 is 0 Å². The molecule has 2 rings (SSSR count). The third kappa shape index (κ3) is 3.32. The van der Waals surface area contributed by atoms with Crippen LogP contribution >= 0.6 is 0 Å². The van der Waals surface area contributed by atoms with Crippen molar-refractivity contribution in [3.8, 4) is 5.75 Å². The highest BCUT2D eigenvalue weighted by atomic mass is 16.5. The second-order valence-electron chi connectivity index (χ2n) is 4.47. The summed E-state index contributed by atoms with van der Waals surface area (Å²) in [5, 5.41) is 3.88. The lowest BCUT2D eigenvalue weighted by Gasteiger charge is -2.05. The lowest BCUT2D eigenvalue weighted by molar-refractivity contribution is 0.284. The number of hydrogen-bond donors (Lipinski definition) is 0. The molecule has 0 N–H and O–H groups in total. The van der Waals surface area contributed by atoms with Gasteiger partial charge in [0.05, 0.1) is 0 Å². The Bertz CT molecular complexity index is 500. The number of nitrogens with zero attached hydrogens (tertiary/aromatic N) is 2. The average molecular weight is 246 g/mol. The largest absolute Gasteiger partial charge is 0.485 e. The number of aryl methyl sites for hydroxylation is 3. The summed E-state index contributed by atoms with van der Waals surface area (Å²) in [6.45, 7) is 6.52. The van der Waals surface area contributed by atoms with Gasteiger partial charge in [-0.15, -0.1) is 0 Å². The van der Waals surface area contributed by atoms with E-state index in [9.17, 15) is 0 Å². The van der Waals surface area contributed by atoms with Gasteiger partial charge in [0.15, 0.2) is 6.61 Å². The van der Waals surface area contributed by atoms with Crippen molar-refractivity contribution in [2.24, 2.45) is 0 Å². The summed E-state index contributed by atoms with van der Waals surface area (Å²) in [5.41, 5.74) is 2.37. The Kier molecular flexibility index (Phi) is 3.97. The number of ether oxygens (including phenoxy) is 1. The third-order valence-electron chi connectivity index (χ3n) is 2.54. The van der Waals surface area contributed by atoms with Gasteiger partial charge in [0.2, 0.25) is 11.7 Å². The highest BCUT2D eigenvalue weighted by molar-refractivity contribution is 5.32. The fourth-order valence-corrected chi connectivity index (χ4v) is 1.83. The molecular weight excluding hydrogens is 228 g/mol. The maximum absolute atomic E-state index is 5.66. The summed E-state index contributed by atoms with van der Waals surface area (Å²) in [6, 6.07) is 6.11. The fourth-order valence-electron chi connectivity index (χ4n) is 1.83. The number of rotatable bonds is 5. The van der Waals surface area contributed by atoms with E-state index in [1.165, 1.54) is 11.1 Å². The van der Waals surface area contributed by atoms with Crippen LogP contribution in [-0.4, -0.2) is 10.1 Å². The molecule has 0 bridgehead atoms. The minimum absolute atomic E-state index is 0.343. The van der Waals surface area contributed by atoms with E-state index in [0.717, 1.165) is 18.6 Å². The topological polar surface area (TPSA) is 48.2 Å². The highest BCUT2D eigenvalue weighted by Gasteiger charge is 2.06. The van der Waals surface area contributed by atoms with Crippen molar-refractivity contribution in [1.29, 1.82) is 0 Å². The molecule has 96 valence electrons. The van der Waals surface area contributed by atoms with Crippen LogP contribution in [0.3, 0.4) is 0 Å². The third-order valence-corrected chi connectivity index (χ3v) is 2.54. The maximum atomic E-state index is 5.66. The fraction of sp³-hybridized carbons (Fsp3) is 0.429. The molecule has 0 saturated heterocycles. The number of aromatic nitrogens is 2. The molecule has 0 aliphatic carbocycles. The van der Waals surface area contributed by atoms with Gasteiger partial charge in [-0.25, -0.2) is 0 Å². The van der Waals surface area contributed by atoms with Crippen LogP contribution in [0.4, 0.5) is 0 Å². The standard InChI is InChI=1S/C14H18N2O2/c1-4-5-14-15-13(16-18-14)9-17-12-7-10(2)6-11(3)8-12/h6-8H,4-5,9H2,1-3H3. The lowest BCUT2D eigenvalue weighted by Crippen LogP contribution is -1.98. The first-order valence-corrected chi connectivity index (χ1v) is 6.20. The zero-order valence-corrected chi connectivity index (χ0v) is 11.1. The van der Waals surface area contributed by atoms with E-state index in [0.29, 0.717) is 18.3 Å². The van der Waals surface area contributed by atoms with Crippen molar-refractivity contribution in [2.45, 2.75) is 40.2 Å². The zero-order chi connectivity index (χ0) is 13.0. The van der Waals surface area contributed by atoms with E-state index in [4.69, 9.17) is 9.26 Å². The molecule has 0 saturated carbocycles. The first-order chi connectivity index (χ1) is 8.67. The van der Waals surface area contributed by atoms with Gasteiger partial charge >= 0.3 is 0 Å². The molecule has 0 fully saturated rings. The molecule has 0 spiro atoms. The van der Waals surface area contributed by atoms with Crippen molar-refractivity contribution in [2.75, 3.05) is 0 Å². The summed E-state index contributed by atoms with van der Waals surface area (Å²) >= 11 is 0. The van der Waals surface area contributed by atoms with Crippen molar-refractivity contribution < 1.29 is 9.26 Å². The Morgan fingerprint density at radius 3 is 2.56 bits per heavy atom. The Balaban J connectivity index is 1.97. The molecular formula is C14H18N2O2. The van der Waals surface area contributed by atoms with Gasteiger partial charge in [0.25, 0.3) is 0 Å². The first-order valence-electron chi connectivity index (χ1n) is 6.20. The quantitative estimate of drug-likeness (QED) is 0.812. The van der Waals surface area contributed by atoms with Crippen LogP contribution in [-0.2, 0) is 13.0 Å². The van der Waals surface area contributed by atoms with Crippen LogP contribution in [0.1, 0.15) is 36.2 Å². The van der Waals surface area contributed by atoms with Gasteiger partial charge in [-0.3, -0.25) is 0 Å². The van der Waals surface area contributed by atoms with Crippen molar-refractivity contribution in [1.82, 2.24) is 10.1 Å². The maximum Gasteiger partial charge on any atom is 0.226 e. The molecule has 4 nitrogen and oxygen atoms in total. The lowest BCUT2D eigenvalue weighted by atomic mass is 10.1. The summed E-state index contributed by atoms with van der Waals surface area (Å²) < 4.78 is 10.8. The molecule has 4 heteroatoms. The smallest absolute Gasteiger partial charge is 0.226 e. The van der Waals surface area contributed by atoms with Crippen LogP contribution in [0, 0.1) is 13.8 Å². The van der Waals surface area contributed by atoms with Gasteiger partial charge < -0.3 is 9.26 Å². The van der Waals surface area contributed by atoms with Gasteiger partial charge in [0, 0.05) is 6.42 Å². The van der Waals surface area contributed by atoms with Crippen LogP contribution in [0.5, 0.6) is 5.75 Å². The number of benzene rings is 1. The van der Waals surface area contributed by atoms with Crippen LogP contribution in [0.15, 0.2) is 22.7 Å². The Morgan fingerprint density at radius 2 is 1.89 bits per heavy atom. The molecule has 0 amide bonds. The second-order valence-corrected chi connectivity index (χ2v) is 4.47. The Morgan fingerprint density at radius 1 is 1.17 bits per heavy atom. The van der Waals surface area contributed by atoms with E-state index in [1.807, 2.05) is 26.0 Å². The van der Waals surface area contributed by atoms with E-state index >= 15 is 0 Å². The van der Waals surface area contributed by atoms with Crippen LogP contribution < -0.4 is 4.74 Å². The van der Waals surface area contributed by atoms with E-state index in [2.05, 4.69) is 23.1 Å². The van der Waals surface area contributed by atoms with Gasteiger partial charge in [0.1, 0.15) is 5.75 Å². The molecule has 2 aromatic rings. The Hall–Kier alpha value is -1.84. The van der Waals surface area contributed by atoms with Crippen LogP contribution in [0.2, 0.25) is 0 Å². The predicted octanol–water partition coefficient (Wildman–Crippen LogP) is 3.22. The molecule has 1 aromatic carbocycles. The van der Waals surface area contributed by atoms with Crippen molar-refractivity contribution in [3.05, 3.63) is 41.0 Å². The molecule has 1 aromatic heterocycles. The molecule has 0 atom stereocenters. The molecule has 0 radical (unpaired) electrons. The van der Waals surface area contributed by atoms with E-state index in [1.54, 1.807) is 0 Å². The monoisotopic (exact) mass is 246 g/mol. The Labute approximate surface area is 107 Å². The number of hydrogen-bond acceptors (Lipinski definition) is 4. The summed E-state index contributed by atoms with van der Waals surface area (Å²) in [7, 11) is 0. The minimum Gasteiger partial charge on any atom is -0.485 e. The predicted molar refractivity (Wildman–Crippen MR) is 68.5 cm³/mol. The summed E-state index contributed by atoms with van der Waals surface area (Å²) in [5.74, 6) is 2.11. The van der Waals surface area contributed by atoms with Crippen LogP contribution in [0.25, 0.3) is 0 Å². The van der Waals surface area contributed by atoms with Gasteiger partial charge in [-0.2, -0.15) is 4.98 Å². The van der Waals surface area contributed by atoms with Crippen molar-refractivity contribution in [3.63, 3.8) is 0 Å². The molecule has 0 unspecified atom stereocenters. The van der Waals surface area contributed by atoms with E-state index < -0.39 is 0 Å². The minimum atomic E-state index is 0.343. The first kappa shape index (κ1) is 12.6. The zero-order valence-electron chi connectivity index (χ0n) is 11.1. The summed E-state index contributed by atoms with van der Waals surface area (Å²) in [6.07, 6.45) is 1.82. The molecule has 0 aliphatic rings. The van der Waals surface area contributed by atoms with Gasteiger partial charge in [-0.1, -0.05) is 18.1 Å². The molecule has 0 aliphatic heterocycles. The van der Waals surface area contributed by atoms with E-state index in [-0.39, 0.29) is 0 Å². The second kappa shape index (κ2) is 5.67. The molecule has 18 heavy (non-hydrogen) atoms.